The van der Waals surface area contributed by atoms with Crippen LogP contribution in [0.25, 0.3) is 0 Å². The van der Waals surface area contributed by atoms with E-state index >= 15 is 0 Å². The quantitative estimate of drug-likeness (QED) is 0.247. The highest BCUT2D eigenvalue weighted by Gasteiger charge is 2.31. The number of hydrogen-bond acceptors (Lipinski definition) is 1. The molecule has 182 valence electrons. The first kappa shape index (κ1) is 30.0. The average Bonchev–Trinajstić information content (AvgIpc) is 2.67. The first-order valence-electron chi connectivity index (χ1n) is 12.9. The third-order valence-corrected chi connectivity index (χ3v) is 8.26. The first-order chi connectivity index (χ1) is 14.2. The Morgan fingerprint density at radius 2 is 1.52 bits per heavy atom. The van der Waals surface area contributed by atoms with Gasteiger partial charge in [-0.05, 0) is 74.2 Å². The van der Waals surface area contributed by atoms with E-state index in [-0.39, 0.29) is 0 Å². The van der Waals surface area contributed by atoms with Crippen LogP contribution in [0.4, 0.5) is 0 Å². The molecule has 0 aromatic carbocycles. The molecule has 0 radical (unpaired) electrons. The molecule has 0 rings (SSSR count). The number of allylic oxidation sites excluding steroid dienone is 5. The van der Waals surface area contributed by atoms with Crippen molar-refractivity contribution in [3.05, 3.63) is 35.6 Å². The average molecular weight is 432 g/mol. The normalized spacial score (nSPS) is 17.6. The minimum atomic E-state index is 0.355. The predicted molar refractivity (Wildman–Crippen MR) is 143 cm³/mol. The molecule has 0 aliphatic carbocycles. The van der Waals surface area contributed by atoms with Crippen LogP contribution in [0.2, 0.25) is 0 Å². The van der Waals surface area contributed by atoms with Crippen LogP contribution in [0.5, 0.6) is 0 Å². The number of hydrogen-bond donors (Lipinski definition) is 0. The molecule has 1 nitrogen and oxygen atoms in total. The lowest BCUT2D eigenvalue weighted by Crippen LogP contribution is -2.30. The van der Waals surface area contributed by atoms with Gasteiger partial charge in [-0.2, -0.15) is 0 Å². The Morgan fingerprint density at radius 3 is 1.90 bits per heavy atom. The van der Waals surface area contributed by atoms with Crippen LogP contribution in [-0.4, -0.2) is 19.0 Å². The summed E-state index contributed by atoms with van der Waals surface area (Å²) < 4.78 is 0. The smallest absolute Gasteiger partial charge is 0.0127 e. The van der Waals surface area contributed by atoms with Crippen LogP contribution in [-0.2, 0) is 0 Å². The summed E-state index contributed by atoms with van der Waals surface area (Å²) in [5, 5.41) is 0. The Hall–Kier alpha value is -0.980. The molecule has 0 aromatic rings. The van der Waals surface area contributed by atoms with Crippen LogP contribution in [0.3, 0.4) is 0 Å². The van der Waals surface area contributed by atoms with E-state index in [0.717, 1.165) is 18.3 Å². The zero-order valence-corrected chi connectivity index (χ0v) is 23.6. The Bertz CT molecular complexity index is 588. The molecule has 0 saturated heterocycles. The summed E-state index contributed by atoms with van der Waals surface area (Å²) in [6, 6.07) is 0. The molecule has 0 amide bonds. The van der Waals surface area contributed by atoms with Crippen molar-refractivity contribution in [2.75, 3.05) is 14.1 Å². The van der Waals surface area contributed by atoms with E-state index in [1.54, 1.807) is 0 Å². The molecule has 0 N–H and O–H groups in total. The third kappa shape index (κ3) is 9.58. The van der Waals surface area contributed by atoms with Crippen LogP contribution >= 0.6 is 0 Å². The minimum Gasteiger partial charge on any atom is -0.381 e. The van der Waals surface area contributed by atoms with Gasteiger partial charge in [0, 0.05) is 31.6 Å². The van der Waals surface area contributed by atoms with E-state index in [1.165, 1.54) is 36.1 Å². The predicted octanol–water partition coefficient (Wildman–Crippen LogP) is 9.38. The van der Waals surface area contributed by atoms with E-state index in [9.17, 15) is 0 Å². The van der Waals surface area contributed by atoms with Crippen LogP contribution in [0.15, 0.2) is 35.6 Å². The van der Waals surface area contributed by atoms with Gasteiger partial charge >= 0.3 is 0 Å². The summed E-state index contributed by atoms with van der Waals surface area (Å²) in [4.78, 5) is 2.39. The van der Waals surface area contributed by atoms with Crippen molar-refractivity contribution in [2.24, 2.45) is 40.9 Å². The molecule has 1 heteroatoms. The lowest BCUT2D eigenvalue weighted by atomic mass is 9.69. The monoisotopic (exact) mass is 431 g/mol. The maximum Gasteiger partial charge on any atom is 0.0127 e. The summed E-state index contributed by atoms with van der Waals surface area (Å²) >= 11 is 0. The van der Waals surface area contributed by atoms with E-state index in [1.807, 2.05) is 0 Å². The molecule has 0 saturated carbocycles. The van der Waals surface area contributed by atoms with E-state index in [2.05, 4.69) is 114 Å². The van der Waals surface area contributed by atoms with Gasteiger partial charge in [0.2, 0.25) is 0 Å². The molecular formula is C30H57N. The minimum absolute atomic E-state index is 0.355. The summed E-state index contributed by atoms with van der Waals surface area (Å²) in [5.74, 6) is 3.84. The van der Waals surface area contributed by atoms with Gasteiger partial charge in [-0.1, -0.05) is 86.6 Å². The van der Waals surface area contributed by atoms with Gasteiger partial charge in [-0.15, -0.1) is 0 Å². The Balaban J connectivity index is 6.15. The van der Waals surface area contributed by atoms with Crippen LogP contribution < -0.4 is 0 Å². The van der Waals surface area contributed by atoms with E-state index < -0.39 is 0 Å². The van der Waals surface area contributed by atoms with Crippen molar-refractivity contribution >= 4 is 0 Å². The maximum absolute atomic E-state index is 4.46. The fourth-order valence-electron chi connectivity index (χ4n) is 4.46. The number of rotatable bonds is 14. The molecule has 0 spiro atoms. The fourth-order valence-corrected chi connectivity index (χ4v) is 4.46. The van der Waals surface area contributed by atoms with Crippen molar-refractivity contribution in [1.82, 2.24) is 4.90 Å². The second-order valence-corrected chi connectivity index (χ2v) is 11.7. The molecule has 0 aromatic heterocycles. The van der Waals surface area contributed by atoms with Crippen molar-refractivity contribution in [2.45, 2.75) is 102 Å². The van der Waals surface area contributed by atoms with Crippen LogP contribution in [0.1, 0.15) is 102 Å². The summed E-state index contributed by atoms with van der Waals surface area (Å²) in [7, 11) is 4.48. The fraction of sp³-hybridized carbons (Fsp3) is 0.800. The molecule has 4 unspecified atom stereocenters. The molecular weight excluding hydrogens is 374 g/mol. The standard InChI is InChI=1S/C30H57N/c1-15-23(7)26(10)27(16-2)19-29(31(13)14)28(18-17-24(8)21(3)4)25(9)20-30(11,12)22(5)6/h15,19,21-22,24-25,27-28H,10,16-18,20H2,1-9,11-14H3/b23-15-,29-19-. The molecule has 4 atom stereocenters. The largest absolute Gasteiger partial charge is 0.381 e. The second-order valence-electron chi connectivity index (χ2n) is 11.7. The van der Waals surface area contributed by atoms with Gasteiger partial charge in [0.25, 0.3) is 0 Å². The molecule has 0 aliphatic rings. The van der Waals surface area contributed by atoms with Gasteiger partial charge in [-0.3, -0.25) is 0 Å². The van der Waals surface area contributed by atoms with Crippen molar-refractivity contribution in [1.29, 1.82) is 0 Å². The van der Waals surface area contributed by atoms with Gasteiger partial charge in [0.1, 0.15) is 0 Å². The second kappa shape index (κ2) is 13.5. The SMILES string of the molecule is C=C(/C(C)=C\C)C(/C=C(/C(CCC(C)C(C)C)C(C)CC(C)(C)C(C)C)N(C)C)CC. The van der Waals surface area contributed by atoms with Crippen molar-refractivity contribution < 1.29 is 0 Å². The zero-order valence-electron chi connectivity index (χ0n) is 23.6. The maximum atomic E-state index is 4.46. The highest BCUT2D eigenvalue weighted by Crippen LogP contribution is 2.41. The molecule has 31 heavy (non-hydrogen) atoms. The molecule has 0 aliphatic heterocycles. The van der Waals surface area contributed by atoms with Gasteiger partial charge in [0.05, 0.1) is 0 Å². The Kier molecular flexibility index (Phi) is 13.1. The number of nitrogens with zero attached hydrogens (tertiary/aromatic N) is 1. The Labute approximate surface area is 197 Å². The third-order valence-electron chi connectivity index (χ3n) is 8.26. The summed E-state index contributed by atoms with van der Waals surface area (Å²) in [5.41, 5.74) is 4.46. The summed E-state index contributed by atoms with van der Waals surface area (Å²) in [6.45, 7) is 30.4. The lowest BCUT2D eigenvalue weighted by molar-refractivity contribution is 0.155. The van der Waals surface area contributed by atoms with Gasteiger partial charge in [-0.25, -0.2) is 0 Å². The van der Waals surface area contributed by atoms with Gasteiger partial charge < -0.3 is 4.90 Å². The van der Waals surface area contributed by atoms with Crippen molar-refractivity contribution in [3.63, 3.8) is 0 Å². The Morgan fingerprint density at radius 1 is 0.968 bits per heavy atom. The first-order valence-corrected chi connectivity index (χ1v) is 12.9. The van der Waals surface area contributed by atoms with E-state index in [4.69, 9.17) is 0 Å². The molecule has 0 fully saturated rings. The van der Waals surface area contributed by atoms with Crippen LogP contribution in [0, 0.1) is 40.9 Å². The highest BCUT2D eigenvalue weighted by atomic mass is 15.1. The zero-order chi connectivity index (χ0) is 24.5. The molecule has 0 heterocycles. The topological polar surface area (TPSA) is 3.24 Å². The molecule has 0 bridgehead atoms. The lowest BCUT2D eigenvalue weighted by Gasteiger charge is -2.39. The highest BCUT2D eigenvalue weighted by molar-refractivity contribution is 5.32. The van der Waals surface area contributed by atoms with E-state index in [0.29, 0.717) is 29.1 Å². The van der Waals surface area contributed by atoms with Gasteiger partial charge in [0.15, 0.2) is 0 Å². The van der Waals surface area contributed by atoms with Crippen molar-refractivity contribution in [3.8, 4) is 0 Å². The summed E-state index contributed by atoms with van der Waals surface area (Å²) in [6.07, 6.45) is 9.68.